The highest BCUT2D eigenvalue weighted by Crippen LogP contribution is 2.26. The molecule has 4 nitrogen and oxygen atoms in total. The van der Waals surface area contributed by atoms with Crippen molar-refractivity contribution >= 4 is 10.0 Å². The molecular formula is C11H24N2O2S. The molecule has 0 aromatic carbocycles. The third-order valence-electron chi connectivity index (χ3n) is 3.39. The molecule has 1 fully saturated rings. The maximum Gasteiger partial charge on any atom is 0.219 e. The lowest BCUT2D eigenvalue weighted by atomic mass is 9.92. The van der Waals surface area contributed by atoms with Gasteiger partial charge in [-0.05, 0) is 33.1 Å². The molecule has 0 aliphatic carbocycles. The molecule has 2 atom stereocenters. The molecule has 0 bridgehead atoms. The van der Waals surface area contributed by atoms with Crippen molar-refractivity contribution in [1.82, 2.24) is 4.31 Å². The largest absolute Gasteiger partial charge is 0.327 e. The number of piperidine rings is 1. The van der Waals surface area contributed by atoms with Crippen LogP contribution in [0.15, 0.2) is 0 Å². The Morgan fingerprint density at radius 2 is 1.94 bits per heavy atom. The molecule has 0 saturated carbocycles. The standard InChI is InChI=1S/C11H24N2O2S/c1-5-9-8-13(7-6-10(9)12)16(14,15)11(2,3)4/h9-10H,5-8,12H2,1-4H3. The maximum absolute atomic E-state index is 12.3. The summed E-state index contributed by atoms with van der Waals surface area (Å²) in [6.45, 7) is 8.46. The van der Waals surface area contributed by atoms with Gasteiger partial charge >= 0.3 is 0 Å². The van der Waals surface area contributed by atoms with E-state index in [-0.39, 0.29) is 6.04 Å². The Balaban J connectivity index is 2.84. The lowest BCUT2D eigenvalue weighted by Crippen LogP contribution is -2.52. The Hall–Kier alpha value is -0.130. The summed E-state index contributed by atoms with van der Waals surface area (Å²) in [5.74, 6) is 0.297. The molecular weight excluding hydrogens is 224 g/mol. The van der Waals surface area contributed by atoms with Crippen molar-refractivity contribution < 1.29 is 8.42 Å². The predicted molar refractivity (Wildman–Crippen MR) is 66.6 cm³/mol. The van der Waals surface area contributed by atoms with Crippen LogP contribution in [-0.2, 0) is 10.0 Å². The van der Waals surface area contributed by atoms with Gasteiger partial charge in [0, 0.05) is 19.1 Å². The zero-order chi connectivity index (χ0) is 12.6. The van der Waals surface area contributed by atoms with Crippen LogP contribution in [0.4, 0.5) is 0 Å². The van der Waals surface area contributed by atoms with Gasteiger partial charge in [-0.15, -0.1) is 0 Å². The summed E-state index contributed by atoms with van der Waals surface area (Å²) in [5, 5.41) is 0. The van der Waals surface area contributed by atoms with Crippen LogP contribution in [0.25, 0.3) is 0 Å². The topological polar surface area (TPSA) is 63.4 Å². The van der Waals surface area contributed by atoms with Gasteiger partial charge in [-0.1, -0.05) is 13.3 Å². The molecule has 0 amide bonds. The second-order valence-electron chi connectivity index (χ2n) is 5.60. The van der Waals surface area contributed by atoms with Gasteiger partial charge in [0.15, 0.2) is 0 Å². The van der Waals surface area contributed by atoms with Crippen molar-refractivity contribution in [2.24, 2.45) is 11.7 Å². The Morgan fingerprint density at radius 1 is 1.38 bits per heavy atom. The van der Waals surface area contributed by atoms with Gasteiger partial charge in [-0.2, -0.15) is 0 Å². The minimum absolute atomic E-state index is 0.149. The first kappa shape index (κ1) is 13.9. The average molecular weight is 248 g/mol. The molecule has 0 aromatic rings. The third kappa shape index (κ3) is 2.57. The van der Waals surface area contributed by atoms with Gasteiger partial charge < -0.3 is 5.73 Å². The summed E-state index contributed by atoms with van der Waals surface area (Å²) in [7, 11) is -3.19. The summed E-state index contributed by atoms with van der Waals surface area (Å²) in [5.41, 5.74) is 5.98. The van der Waals surface area contributed by atoms with Crippen LogP contribution in [0, 0.1) is 5.92 Å². The van der Waals surface area contributed by atoms with E-state index in [1.54, 1.807) is 25.1 Å². The second kappa shape index (κ2) is 4.63. The van der Waals surface area contributed by atoms with Gasteiger partial charge in [0.2, 0.25) is 10.0 Å². The number of nitrogens with two attached hydrogens (primary N) is 1. The monoisotopic (exact) mass is 248 g/mol. The van der Waals surface area contributed by atoms with Crippen LogP contribution in [0.2, 0.25) is 0 Å². The lowest BCUT2D eigenvalue weighted by Gasteiger charge is -2.38. The molecule has 0 spiro atoms. The molecule has 16 heavy (non-hydrogen) atoms. The highest BCUT2D eigenvalue weighted by atomic mass is 32.2. The Labute approximate surface area is 99.2 Å². The van der Waals surface area contributed by atoms with E-state index in [9.17, 15) is 8.42 Å². The fourth-order valence-electron chi connectivity index (χ4n) is 2.05. The fraction of sp³-hybridized carbons (Fsp3) is 1.00. The fourth-order valence-corrected chi connectivity index (χ4v) is 3.56. The summed E-state index contributed by atoms with van der Waals surface area (Å²) >= 11 is 0. The molecule has 1 heterocycles. The second-order valence-corrected chi connectivity index (χ2v) is 8.29. The Kier molecular flexibility index (Phi) is 4.03. The minimum atomic E-state index is -3.19. The summed E-state index contributed by atoms with van der Waals surface area (Å²) in [6.07, 6.45) is 1.71. The smallest absolute Gasteiger partial charge is 0.219 e. The van der Waals surface area contributed by atoms with E-state index in [1.807, 2.05) is 0 Å². The van der Waals surface area contributed by atoms with Crippen LogP contribution in [0.1, 0.15) is 40.5 Å². The van der Waals surface area contributed by atoms with Crippen molar-refractivity contribution in [2.45, 2.75) is 51.3 Å². The van der Waals surface area contributed by atoms with Crippen molar-refractivity contribution in [2.75, 3.05) is 13.1 Å². The van der Waals surface area contributed by atoms with Crippen molar-refractivity contribution in [3.05, 3.63) is 0 Å². The van der Waals surface area contributed by atoms with Crippen LogP contribution in [0.5, 0.6) is 0 Å². The van der Waals surface area contributed by atoms with Crippen molar-refractivity contribution in [3.8, 4) is 0 Å². The normalized spacial score (nSPS) is 29.3. The maximum atomic E-state index is 12.3. The van der Waals surface area contributed by atoms with Gasteiger partial charge in [-0.25, -0.2) is 12.7 Å². The summed E-state index contributed by atoms with van der Waals surface area (Å²) < 4.78 is 25.4. The molecule has 1 aliphatic rings. The number of sulfonamides is 1. The molecule has 1 rings (SSSR count). The molecule has 1 saturated heterocycles. The number of nitrogens with zero attached hydrogens (tertiary/aromatic N) is 1. The highest BCUT2D eigenvalue weighted by Gasteiger charge is 2.39. The lowest BCUT2D eigenvalue weighted by molar-refractivity contribution is 0.227. The predicted octanol–water partition coefficient (Wildman–Crippen LogP) is 1.17. The first-order valence-electron chi connectivity index (χ1n) is 5.95. The van der Waals surface area contributed by atoms with E-state index in [2.05, 4.69) is 6.92 Å². The zero-order valence-corrected chi connectivity index (χ0v) is 11.5. The first-order chi connectivity index (χ1) is 7.20. The molecule has 2 N–H and O–H groups in total. The van der Waals surface area contributed by atoms with Gasteiger partial charge in [0.25, 0.3) is 0 Å². The van der Waals surface area contributed by atoms with E-state index in [0.29, 0.717) is 19.0 Å². The number of hydrogen-bond donors (Lipinski definition) is 1. The SMILES string of the molecule is CCC1CN(S(=O)(=O)C(C)(C)C)CCC1N. The van der Waals surface area contributed by atoms with Crippen LogP contribution in [0.3, 0.4) is 0 Å². The van der Waals surface area contributed by atoms with E-state index < -0.39 is 14.8 Å². The van der Waals surface area contributed by atoms with E-state index in [1.165, 1.54) is 0 Å². The average Bonchev–Trinajstić information content (AvgIpc) is 2.16. The zero-order valence-electron chi connectivity index (χ0n) is 10.7. The molecule has 5 heteroatoms. The summed E-state index contributed by atoms with van der Waals surface area (Å²) in [4.78, 5) is 0. The van der Waals surface area contributed by atoms with Gasteiger partial charge in [0.05, 0.1) is 4.75 Å². The van der Waals surface area contributed by atoms with Crippen LogP contribution < -0.4 is 5.73 Å². The highest BCUT2D eigenvalue weighted by molar-refractivity contribution is 7.90. The van der Waals surface area contributed by atoms with Crippen LogP contribution >= 0.6 is 0 Å². The van der Waals surface area contributed by atoms with Gasteiger partial charge in [-0.3, -0.25) is 0 Å². The van der Waals surface area contributed by atoms with Crippen molar-refractivity contribution in [1.29, 1.82) is 0 Å². The van der Waals surface area contributed by atoms with E-state index in [0.717, 1.165) is 12.8 Å². The number of hydrogen-bond acceptors (Lipinski definition) is 3. The molecule has 1 aliphatic heterocycles. The number of rotatable bonds is 2. The molecule has 96 valence electrons. The minimum Gasteiger partial charge on any atom is -0.327 e. The van der Waals surface area contributed by atoms with E-state index in [4.69, 9.17) is 5.73 Å². The Morgan fingerprint density at radius 3 is 2.38 bits per heavy atom. The van der Waals surface area contributed by atoms with Gasteiger partial charge in [0.1, 0.15) is 0 Å². The first-order valence-corrected chi connectivity index (χ1v) is 7.39. The quantitative estimate of drug-likeness (QED) is 0.798. The molecule has 2 unspecified atom stereocenters. The van der Waals surface area contributed by atoms with Crippen molar-refractivity contribution in [3.63, 3.8) is 0 Å². The Bertz CT molecular complexity index is 332. The molecule has 0 radical (unpaired) electrons. The van der Waals surface area contributed by atoms with Crippen LogP contribution in [-0.4, -0.2) is 36.6 Å². The third-order valence-corrected chi connectivity index (χ3v) is 5.95. The summed E-state index contributed by atoms with van der Waals surface area (Å²) in [6, 6.07) is 0.149. The molecule has 0 aromatic heterocycles. The van der Waals surface area contributed by atoms with E-state index >= 15 is 0 Å².